The van der Waals surface area contributed by atoms with Crippen LogP contribution in [0.4, 0.5) is 24.7 Å². The van der Waals surface area contributed by atoms with Gasteiger partial charge < -0.3 is 5.32 Å². The number of hydrogen-bond acceptors (Lipinski definition) is 4. The maximum Gasteiger partial charge on any atom is 0.417 e. The molecule has 1 heterocycles. The minimum Gasteiger partial charge on any atom is -0.323 e. The number of carbonyl (C=O) groups excluding carboxylic acids is 1. The van der Waals surface area contributed by atoms with Gasteiger partial charge in [0.25, 0.3) is 0 Å². The molecule has 1 amide bonds. The number of amides is 1. The van der Waals surface area contributed by atoms with Crippen LogP contribution >= 0.6 is 0 Å². The van der Waals surface area contributed by atoms with Gasteiger partial charge in [-0.15, -0.1) is 0 Å². The number of hydrogen-bond donors (Lipinski definition) is 2. The van der Waals surface area contributed by atoms with Crippen LogP contribution in [0.5, 0.6) is 0 Å². The van der Waals surface area contributed by atoms with Crippen molar-refractivity contribution in [2.75, 3.05) is 15.8 Å². The molecule has 2 rings (SSSR count). The molecule has 1 fully saturated rings. The summed E-state index contributed by atoms with van der Waals surface area (Å²) in [5.41, 5.74) is -1.35. The van der Waals surface area contributed by atoms with Crippen molar-refractivity contribution in [2.24, 2.45) is 5.92 Å². The van der Waals surface area contributed by atoms with Crippen molar-refractivity contribution >= 4 is 78.8 Å². The Morgan fingerprint density at radius 3 is 2.42 bits per heavy atom. The molecule has 1 aromatic heterocycles. The third-order valence-corrected chi connectivity index (χ3v) is 5.35. The van der Waals surface area contributed by atoms with Crippen molar-refractivity contribution in [1.82, 2.24) is 4.98 Å². The van der Waals surface area contributed by atoms with Crippen molar-refractivity contribution in [3.8, 4) is 0 Å². The number of carbonyl (C=O) groups is 1. The fourth-order valence-corrected chi connectivity index (χ4v) is 3.22. The second kappa shape index (κ2) is 9.83. The van der Waals surface area contributed by atoms with Crippen LogP contribution < -0.4 is 10.0 Å². The van der Waals surface area contributed by atoms with E-state index < -0.39 is 27.7 Å². The fraction of sp³-hybridized carbons (Fsp3) is 0.600. The number of sulfonamides is 1. The molecule has 141 valence electrons. The number of aromatic nitrogens is 1. The fourth-order valence-electron chi connectivity index (χ4n) is 2.62. The predicted molar refractivity (Wildman–Crippen MR) is 93.3 cm³/mol. The third-order valence-electron chi connectivity index (χ3n) is 4.08. The molecule has 0 unspecified atom stereocenters. The Morgan fingerprint density at radius 2 is 1.88 bits per heavy atom. The van der Waals surface area contributed by atoms with Crippen LogP contribution in [0.25, 0.3) is 0 Å². The molecule has 2 N–H and O–H groups in total. The summed E-state index contributed by atoms with van der Waals surface area (Å²) in [5.74, 6) is -1.30. The number of anilines is 2. The molecule has 1 aromatic rings. The molecule has 0 aromatic carbocycles. The Bertz CT molecular complexity index is 735. The summed E-state index contributed by atoms with van der Waals surface area (Å²) in [6.07, 6.45) is -0.00924. The third kappa shape index (κ3) is 6.75. The van der Waals surface area contributed by atoms with Crippen LogP contribution in [-0.4, -0.2) is 76.4 Å². The first-order valence-electron chi connectivity index (χ1n) is 8.01. The van der Waals surface area contributed by atoms with Gasteiger partial charge in [-0.25, -0.2) is 13.4 Å². The molecule has 1 aliphatic carbocycles. The van der Waals surface area contributed by atoms with Crippen LogP contribution in [0, 0.1) is 5.92 Å². The van der Waals surface area contributed by atoms with E-state index in [1.807, 2.05) is 0 Å². The molecule has 1 aliphatic rings. The van der Waals surface area contributed by atoms with E-state index in [2.05, 4.69) is 15.0 Å². The standard InChI is InChI=1S/C15H20F3N3O3S.K/c1-2-25(23,24)21-13-12(8-11(9-19-13)15(16,17)18)20-14(22)10-6-4-3-5-7-10;/h8-10H,2-7H2,1H3,(H,19,21)(H,20,22);. The average Bonchev–Trinajstić information content (AvgIpc) is 2.56. The molecule has 1 radical (unpaired) electrons. The second-order valence-corrected chi connectivity index (χ2v) is 7.96. The summed E-state index contributed by atoms with van der Waals surface area (Å²) in [6, 6.07) is 0.696. The van der Waals surface area contributed by atoms with Gasteiger partial charge in [0.2, 0.25) is 15.9 Å². The molecule has 0 spiro atoms. The van der Waals surface area contributed by atoms with Gasteiger partial charge >= 0.3 is 6.18 Å². The monoisotopic (exact) mass is 418 g/mol. The molecular formula is C15H20F3KN3O3S. The van der Waals surface area contributed by atoms with Crippen LogP contribution in [0.1, 0.15) is 44.6 Å². The molecule has 6 nitrogen and oxygen atoms in total. The molecule has 0 bridgehead atoms. The van der Waals surface area contributed by atoms with Gasteiger partial charge in [0.15, 0.2) is 5.82 Å². The molecule has 26 heavy (non-hydrogen) atoms. The van der Waals surface area contributed by atoms with E-state index in [4.69, 9.17) is 0 Å². The Hall–Kier alpha value is -0.204. The Kier molecular flexibility index (Phi) is 9.01. The summed E-state index contributed by atoms with van der Waals surface area (Å²) in [6.45, 7) is 1.38. The molecule has 11 heteroatoms. The van der Waals surface area contributed by atoms with Gasteiger partial charge in [-0.1, -0.05) is 19.3 Å². The minimum absolute atomic E-state index is 0. The van der Waals surface area contributed by atoms with Crippen LogP contribution in [0.3, 0.4) is 0 Å². The Morgan fingerprint density at radius 1 is 1.27 bits per heavy atom. The number of halogens is 3. The maximum atomic E-state index is 12.9. The van der Waals surface area contributed by atoms with Crippen molar-refractivity contribution in [3.63, 3.8) is 0 Å². The molecule has 0 saturated heterocycles. The zero-order valence-corrected chi connectivity index (χ0v) is 18.6. The summed E-state index contributed by atoms with van der Waals surface area (Å²) in [4.78, 5) is 15.9. The number of alkyl halides is 3. The second-order valence-electron chi connectivity index (χ2n) is 5.95. The van der Waals surface area contributed by atoms with Crippen molar-refractivity contribution in [2.45, 2.75) is 45.2 Å². The van der Waals surface area contributed by atoms with Crippen LogP contribution in [0.2, 0.25) is 0 Å². The normalized spacial score (nSPS) is 15.8. The number of rotatable bonds is 5. The summed E-state index contributed by atoms with van der Waals surface area (Å²) < 4.78 is 64.2. The first kappa shape index (κ1) is 23.8. The van der Waals surface area contributed by atoms with Gasteiger partial charge in [0.05, 0.1) is 17.0 Å². The average molecular weight is 419 g/mol. The van der Waals surface area contributed by atoms with E-state index in [0.29, 0.717) is 25.1 Å². The van der Waals surface area contributed by atoms with Gasteiger partial charge in [0, 0.05) is 63.5 Å². The predicted octanol–water partition coefficient (Wildman–Crippen LogP) is 3.00. The van der Waals surface area contributed by atoms with Gasteiger partial charge in [-0.2, -0.15) is 13.2 Å². The zero-order valence-electron chi connectivity index (χ0n) is 14.7. The van der Waals surface area contributed by atoms with E-state index in [-0.39, 0.29) is 74.6 Å². The van der Waals surface area contributed by atoms with Crippen LogP contribution in [-0.2, 0) is 21.0 Å². The first-order chi connectivity index (χ1) is 11.6. The van der Waals surface area contributed by atoms with Gasteiger partial charge in [0.1, 0.15) is 0 Å². The van der Waals surface area contributed by atoms with E-state index >= 15 is 0 Å². The van der Waals surface area contributed by atoms with E-state index in [1.54, 1.807) is 0 Å². The topological polar surface area (TPSA) is 88.2 Å². The van der Waals surface area contributed by atoms with Crippen LogP contribution in [0.15, 0.2) is 12.3 Å². The van der Waals surface area contributed by atoms with E-state index in [1.165, 1.54) is 6.92 Å². The Labute approximate surface area is 193 Å². The SMILES string of the molecule is CCS(=O)(=O)Nc1ncc(C(F)(F)F)cc1NC(=O)C1CCCCC1.[K]. The largest absolute Gasteiger partial charge is 0.417 e. The first-order valence-corrected chi connectivity index (χ1v) is 9.66. The molecule has 0 aliphatic heterocycles. The molecular weight excluding hydrogens is 398 g/mol. The van der Waals surface area contributed by atoms with Crippen molar-refractivity contribution in [3.05, 3.63) is 17.8 Å². The maximum absolute atomic E-state index is 12.9. The van der Waals surface area contributed by atoms with Gasteiger partial charge in [-0.3, -0.25) is 9.52 Å². The van der Waals surface area contributed by atoms with E-state index in [9.17, 15) is 26.4 Å². The quantitative estimate of drug-likeness (QED) is 0.720. The number of nitrogens with zero attached hydrogens (tertiary/aromatic N) is 1. The molecule has 1 saturated carbocycles. The van der Waals surface area contributed by atoms with E-state index in [0.717, 1.165) is 19.3 Å². The number of pyridine rings is 1. The summed E-state index contributed by atoms with van der Waals surface area (Å²) in [7, 11) is -3.75. The smallest absolute Gasteiger partial charge is 0.323 e. The van der Waals surface area contributed by atoms with Gasteiger partial charge in [-0.05, 0) is 25.8 Å². The van der Waals surface area contributed by atoms with Crippen molar-refractivity contribution in [1.29, 1.82) is 0 Å². The van der Waals surface area contributed by atoms with Crippen molar-refractivity contribution < 1.29 is 26.4 Å². The molecule has 0 atom stereocenters. The Balaban J connectivity index is 0.00000338. The number of nitrogens with one attached hydrogen (secondary N) is 2. The minimum atomic E-state index is -4.65. The summed E-state index contributed by atoms with van der Waals surface area (Å²) in [5, 5.41) is 2.41. The summed E-state index contributed by atoms with van der Waals surface area (Å²) >= 11 is 0. The zero-order chi connectivity index (χ0) is 18.7.